The van der Waals surface area contributed by atoms with Crippen LogP contribution in [0.4, 0.5) is 11.6 Å². The quantitative estimate of drug-likeness (QED) is 0.142. The predicted molar refractivity (Wildman–Crippen MR) is 190 cm³/mol. The smallest absolute Gasteiger partial charge is 0.328 e. The lowest BCUT2D eigenvalue weighted by Gasteiger charge is -2.16. The summed E-state index contributed by atoms with van der Waals surface area (Å²) in [6, 6.07) is 24.0. The molecule has 12 nitrogen and oxygen atoms in total. The number of aromatic nitrogens is 2. The van der Waals surface area contributed by atoms with Gasteiger partial charge < -0.3 is 34.1 Å². The van der Waals surface area contributed by atoms with E-state index in [1.54, 1.807) is 54.6 Å². The van der Waals surface area contributed by atoms with E-state index in [0.29, 0.717) is 50.1 Å². The van der Waals surface area contributed by atoms with E-state index < -0.39 is 17.6 Å². The third-order valence-electron chi connectivity index (χ3n) is 8.13. The molecule has 6 rings (SSSR count). The summed E-state index contributed by atoms with van der Waals surface area (Å²) in [5.74, 6) is 0.321. The van der Waals surface area contributed by atoms with Gasteiger partial charge in [0.15, 0.2) is 11.5 Å². The molecule has 0 fully saturated rings. The van der Waals surface area contributed by atoms with Crippen LogP contribution in [0.2, 0.25) is 5.02 Å². The molecule has 0 radical (unpaired) electrons. The lowest BCUT2D eigenvalue weighted by Crippen LogP contribution is -2.33. The molecule has 1 amide bonds. The molecular weight excluding hydrogens is 664 g/mol. The zero-order chi connectivity index (χ0) is 35.4. The first-order valence-corrected chi connectivity index (χ1v) is 15.8. The van der Waals surface area contributed by atoms with E-state index in [1.807, 2.05) is 30.3 Å². The van der Waals surface area contributed by atoms with Crippen molar-refractivity contribution in [2.24, 2.45) is 0 Å². The highest BCUT2D eigenvalue weighted by Crippen LogP contribution is 2.40. The molecule has 50 heavy (non-hydrogen) atoms. The van der Waals surface area contributed by atoms with Gasteiger partial charge >= 0.3 is 5.97 Å². The molecule has 2 aromatic heterocycles. The molecule has 0 saturated carbocycles. The van der Waals surface area contributed by atoms with Gasteiger partial charge in [0.1, 0.15) is 16.9 Å². The van der Waals surface area contributed by atoms with Gasteiger partial charge in [0.05, 0.1) is 45.4 Å². The Morgan fingerprint density at radius 1 is 0.860 bits per heavy atom. The fourth-order valence-electron chi connectivity index (χ4n) is 5.86. The summed E-state index contributed by atoms with van der Waals surface area (Å²) < 4.78 is 28.4. The van der Waals surface area contributed by atoms with E-state index in [0.717, 1.165) is 5.56 Å². The number of benzene rings is 4. The number of carbonyl (C=O) groups is 2. The highest BCUT2D eigenvalue weighted by atomic mass is 35.5. The molecule has 1 atom stereocenters. The lowest BCUT2D eigenvalue weighted by molar-refractivity contribution is -0.141. The number of nitrogens with one attached hydrogen (secondary N) is 2. The first-order chi connectivity index (χ1) is 24.3. The average molecular weight is 697 g/mol. The number of carbonyl (C=O) groups excluding carboxylic acids is 2. The van der Waals surface area contributed by atoms with Crippen molar-refractivity contribution in [3.8, 4) is 22.9 Å². The van der Waals surface area contributed by atoms with Gasteiger partial charge in [-0.1, -0.05) is 65.3 Å². The molecule has 1 unspecified atom stereocenters. The van der Waals surface area contributed by atoms with Gasteiger partial charge in [0, 0.05) is 35.3 Å². The molecule has 2 heterocycles. The van der Waals surface area contributed by atoms with Crippen molar-refractivity contribution in [3.05, 3.63) is 111 Å². The van der Waals surface area contributed by atoms with Crippen molar-refractivity contribution in [3.63, 3.8) is 0 Å². The van der Waals surface area contributed by atoms with Crippen LogP contribution in [0.25, 0.3) is 27.5 Å². The maximum atomic E-state index is 14.4. The summed E-state index contributed by atoms with van der Waals surface area (Å²) >= 11 is 6.71. The molecular formula is C37H33ClN4O8. The van der Waals surface area contributed by atoms with E-state index in [1.165, 1.54) is 33.0 Å². The number of rotatable bonds is 12. The molecule has 0 aliphatic carbocycles. The Balaban J connectivity index is 1.38. The van der Waals surface area contributed by atoms with Crippen molar-refractivity contribution in [2.45, 2.75) is 18.9 Å². The lowest BCUT2D eigenvalue weighted by atomic mass is 10.1. The van der Waals surface area contributed by atoms with E-state index in [4.69, 9.17) is 35.1 Å². The topological polar surface area (TPSA) is 143 Å². The first kappa shape index (κ1) is 33.9. The Kier molecular flexibility index (Phi) is 9.91. The fraction of sp³-hybridized carbons (Fsp3) is 0.189. The highest BCUT2D eigenvalue weighted by molar-refractivity contribution is 6.37. The maximum Gasteiger partial charge on any atom is 0.328 e. The second kappa shape index (κ2) is 14.6. The second-order valence-corrected chi connectivity index (χ2v) is 11.6. The van der Waals surface area contributed by atoms with Gasteiger partial charge in [0.25, 0.3) is 5.56 Å². The van der Waals surface area contributed by atoms with Crippen molar-refractivity contribution >= 4 is 56.9 Å². The van der Waals surface area contributed by atoms with Crippen LogP contribution in [-0.4, -0.2) is 56.1 Å². The summed E-state index contributed by atoms with van der Waals surface area (Å²) in [4.78, 5) is 40.5. The third-order valence-corrected chi connectivity index (χ3v) is 8.45. The number of methoxy groups -OCH3 is 4. The number of hydrogen-bond donors (Lipinski definition) is 2. The largest absolute Gasteiger partial charge is 0.493 e. The molecule has 2 N–H and O–H groups in total. The van der Waals surface area contributed by atoms with Crippen LogP contribution in [0.15, 0.2) is 94.2 Å². The Morgan fingerprint density at radius 2 is 1.56 bits per heavy atom. The van der Waals surface area contributed by atoms with Crippen LogP contribution >= 0.6 is 11.6 Å². The molecule has 0 spiro atoms. The van der Waals surface area contributed by atoms with E-state index in [2.05, 4.69) is 15.8 Å². The van der Waals surface area contributed by atoms with E-state index >= 15 is 0 Å². The zero-order valence-corrected chi connectivity index (χ0v) is 28.4. The Bertz CT molecular complexity index is 2240. The van der Waals surface area contributed by atoms with Crippen molar-refractivity contribution in [1.82, 2.24) is 9.72 Å². The standard InChI is InChI=1S/C37H33ClN4O8/c1-46-28-19-23(20-29(47-2)34(28)48-3)39-30(43)18-22-12-8-13-24(16-22)42-27-15-9-14-25(38)31(27)33-32(36(42)44)35(50-41-33)40-26(37(45)49-4)17-21-10-6-5-7-11-21/h5-16,19-20,26,40H,17-18H2,1-4H3,(H,39,43). The molecule has 256 valence electrons. The van der Waals surface area contributed by atoms with Gasteiger partial charge in [-0.05, 0) is 35.4 Å². The SMILES string of the molecule is COC(=O)C(Cc1ccccc1)Nc1onc2c1c(=O)n(-c1cccc(CC(=O)Nc3cc(OC)c(OC)c(OC)c3)c1)c1cccc(Cl)c21. The third kappa shape index (κ3) is 6.65. The first-order valence-electron chi connectivity index (χ1n) is 15.5. The molecule has 6 aromatic rings. The fourth-order valence-corrected chi connectivity index (χ4v) is 6.12. The summed E-state index contributed by atoms with van der Waals surface area (Å²) in [5, 5.41) is 11.0. The number of fused-ring (bicyclic) bond motifs is 3. The van der Waals surface area contributed by atoms with Crippen LogP contribution in [0, 0.1) is 0 Å². The monoisotopic (exact) mass is 696 g/mol. The summed E-state index contributed by atoms with van der Waals surface area (Å²) in [6.07, 6.45) is 0.249. The highest BCUT2D eigenvalue weighted by Gasteiger charge is 2.27. The van der Waals surface area contributed by atoms with E-state index in [-0.39, 0.29) is 35.5 Å². The van der Waals surface area contributed by atoms with Crippen molar-refractivity contribution < 1.29 is 33.1 Å². The van der Waals surface area contributed by atoms with Crippen LogP contribution in [0.1, 0.15) is 11.1 Å². The number of ether oxygens (including phenoxy) is 4. The normalized spacial score (nSPS) is 11.6. The maximum absolute atomic E-state index is 14.4. The van der Waals surface area contributed by atoms with Crippen molar-refractivity contribution in [2.75, 3.05) is 39.1 Å². The number of amides is 1. The van der Waals surface area contributed by atoms with Gasteiger partial charge in [-0.3, -0.25) is 14.2 Å². The minimum absolute atomic E-state index is 0.00668. The van der Waals surface area contributed by atoms with Crippen LogP contribution in [0.3, 0.4) is 0 Å². The van der Waals surface area contributed by atoms with E-state index in [9.17, 15) is 14.4 Å². The molecule has 4 aromatic carbocycles. The number of hydrogen-bond acceptors (Lipinski definition) is 10. The minimum atomic E-state index is -0.888. The summed E-state index contributed by atoms with van der Waals surface area (Å²) in [7, 11) is 5.77. The number of halogens is 1. The number of pyridine rings is 1. The van der Waals surface area contributed by atoms with Crippen LogP contribution in [-0.2, 0) is 27.2 Å². The van der Waals surface area contributed by atoms with Crippen molar-refractivity contribution in [1.29, 1.82) is 0 Å². The minimum Gasteiger partial charge on any atom is -0.493 e. The average Bonchev–Trinajstić information content (AvgIpc) is 3.54. The molecule has 13 heteroatoms. The molecule has 0 aliphatic rings. The van der Waals surface area contributed by atoms with Gasteiger partial charge in [-0.25, -0.2) is 4.79 Å². The summed E-state index contributed by atoms with van der Waals surface area (Å²) in [5.41, 5.74) is 2.67. The van der Waals surface area contributed by atoms with Gasteiger partial charge in [-0.15, -0.1) is 0 Å². The van der Waals surface area contributed by atoms with Crippen LogP contribution in [0.5, 0.6) is 17.2 Å². The summed E-state index contributed by atoms with van der Waals surface area (Å²) in [6.45, 7) is 0. The number of esters is 1. The Morgan fingerprint density at radius 3 is 2.24 bits per heavy atom. The van der Waals surface area contributed by atoms with Gasteiger partial charge in [-0.2, -0.15) is 0 Å². The van der Waals surface area contributed by atoms with Crippen LogP contribution < -0.4 is 30.4 Å². The number of anilines is 2. The predicted octanol–water partition coefficient (Wildman–Crippen LogP) is 6.19. The molecule has 0 bridgehead atoms. The molecule has 0 aliphatic heterocycles. The zero-order valence-electron chi connectivity index (χ0n) is 27.6. The number of nitrogens with zero attached hydrogens (tertiary/aromatic N) is 2. The van der Waals surface area contributed by atoms with Gasteiger partial charge in [0.2, 0.25) is 17.5 Å². The Hall–Kier alpha value is -6.01. The second-order valence-electron chi connectivity index (χ2n) is 11.2. The molecule has 0 saturated heterocycles. The Labute approximate surface area is 291 Å².